The molecule has 0 aliphatic heterocycles. The third-order valence-corrected chi connectivity index (χ3v) is 6.46. The van der Waals surface area contributed by atoms with E-state index in [-0.39, 0.29) is 10.8 Å². The van der Waals surface area contributed by atoms with Gasteiger partial charge in [-0.05, 0) is 37.1 Å². The lowest BCUT2D eigenvalue weighted by Gasteiger charge is -2.12. The predicted octanol–water partition coefficient (Wildman–Crippen LogP) is 5.55. The summed E-state index contributed by atoms with van der Waals surface area (Å²) in [6.45, 7) is 4.20. The molecular weight excluding hydrogens is 364 g/mol. The molecular formula is C20H18N2O2S2. The van der Waals surface area contributed by atoms with Crippen molar-refractivity contribution >= 4 is 33.3 Å². The van der Waals surface area contributed by atoms with Gasteiger partial charge in [-0.3, -0.25) is 4.79 Å². The topological polar surface area (TPSA) is 58.9 Å². The quantitative estimate of drug-likeness (QED) is 0.492. The zero-order valence-electron chi connectivity index (χ0n) is 14.5. The van der Waals surface area contributed by atoms with Gasteiger partial charge in [0.15, 0.2) is 0 Å². The first-order chi connectivity index (χ1) is 12.6. The molecule has 0 saturated heterocycles. The molecule has 0 bridgehead atoms. The normalized spacial score (nSPS) is 12.5. The lowest BCUT2D eigenvalue weighted by Crippen LogP contribution is -2.12. The van der Waals surface area contributed by atoms with E-state index in [1.807, 2.05) is 23.6 Å². The van der Waals surface area contributed by atoms with E-state index >= 15 is 0 Å². The molecule has 0 spiro atoms. The summed E-state index contributed by atoms with van der Waals surface area (Å²) in [5.41, 5.74) is 3.28. The molecule has 4 nitrogen and oxygen atoms in total. The van der Waals surface area contributed by atoms with Gasteiger partial charge >= 0.3 is 0 Å². The zero-order valence-corrected chi connectivity index (χ0v) is 16.1. The summed E-state index contributed by atoms with van der Waals surface area (Å²) in [6.07, 6.45) is 1.61. The first-order valence-corrected chi connectivity index (χ1v) is 10.3. The Morgan fingerprint density at radius 2 is 2.12 bits per heavy atom. The van der Waals surface area contributed by atoms with Crippen molar-refractivity contribution in [1.29, 1.82) is 0 Å². The maximum Gasteiger partial charge on any atom is 0.260 e. The number of furan rings is 1. The summed E-state index contributed by atoms with van der Waals surface area (Å²) in [7, 11) is 0. The van der Waals surface area contributed by atoms with Crippen molar-refractivity contribution in [2.45, 2.75) is 24.9 Å². The van der Waals surface area contributed by atoms with Gasteiger partial charge in [-0.25, -0.2) is 4.98 Å². The first-order valence-electron chi connectivity index (χ1n) is 8.35. The number of thioether (sulfide) groups is 1. The van der Waals surface area contributed by atoms with E-state index in [2.05, 4.69) is 37.0 Å². The Bertz CT molecular complexity index is 1100. The highest BCUT2D eigenvalue weighted by Gasteiger charge is 2.17. The molecule has 0 aliphatic rings. The molecule has 4 aromatic rings. The number of H-pyrrole nitrogens is 1. The maximum absolute atomic E-state index is 12.7. The number of rotatable bonds is 5. The Balaban J connectivity index is 1.61. The van der Waals surface area contributed by atoms with Crippen LogP contribution < -0.4 is 5.56 Å². The summed E-state index contributed by atoms with van der Waals surface area (Å²) in [5.74, 6) is 2.30. The summed E-state index contributed by atoms with van der Waals surface area (Å²) < 4.78 is 5.44. The fraction of sp³-hybridized carbons (Fsp3) is 0.200. The van der Waals surface area contributed by atoms with Crippen molar-refractivity contribution in [3.8, 4) is 11.3 Å². The Kier molecular flexibility index (Phi) is 4.70. The van der Waals surface area contributed by atoms with E-state index in [0.717, 1.165) is 16.1 Å². The average Bonchev–Trinajstić information content (AvgIpc) is 3.30. The van der Waals surface area contributed by atoms with Gasteiger partial charge in [-0.2, -0.15) is 0 Å². The van der Waals surface area contributed by atoms with Crippen LogP contribution in [0.25, 0.3) is 21.5 Å². The number of aromatic nitrogens is 2. The monoisotopic (exact) mass is 382 g/mol. The molecule has 132 valence electrons. The smallest absolute Gasteiger partial charge is 0.260 e. The van der Waals surface area contributed by atoms with Gasteiger partial charge in [-0.15, -0.1) is 23.1 Å². The fourth-order valence-electron chi connectivity index (χ4n) is 2.84. The van der Waals surface area contributed by atoms with Gasteiger partial charge in [0.1, 0.15) is 16.4 Å². The summed E-state index contributed by atoms with van der Waals surface area (Å²) >= 11 is 3.25. The van der Waals surface area contributed by atoms with Crippen molar-refractivity contribution in [3.05, 3.63) is 75.3 Å². The van der Waals surface area contributed by atoms with Crippen LogP contribution in [0.4, 0.5) is 0 Å². The number of aromatic amines is 1. The molecule has 0 radical (unpaired) electrons. The lowest BCUT2D eigenvalue weighted by atomic mass is 10.1. The molecule has 1 unspecified atom stereocenters. The number of thiophene rings is 1. The van der Waals surface area contributed by atoms with E-state index in [4.69, 9.17) is 9.40 Å². The molecule has 3 aromatic heterocycles. The first kappa shape index (κ1) is 17.1. The van der Waals surface area contributed by atoms with Gasteiger partial charge in [0, 0.05) is 16.7 Å². The van der Waals surface area contributed by atoms with Crippen LogP contribution in [-0.2, 0) is 5.75 Å². The van der Waals surface area contributed by atoms with Gasteiger partial charge in [0.05, 0.1) is 16.9 Å². The number of nitrogens with zero attached hydrogens (tertiary/aromatic N) is 1. The Hall–Kier alpha value is -2.31. The van der Waals surface area contributed by atoms with Crippen LogP contribution in [-0.4, -0.2) is 9.97 Å². The Morgan fingerprint density at radius 1 is 1.27 bits per heavy atom. The molecule has 0 fully saturated rings. The zero-order chi connectivity index (χ0) is 18.1. The number of aryl methyl sites for hydroxylation is 1. The average molecular weight is 383 g/mol. The maximum atomic E-state index is 12.7. The summed E-state index contributed by atoms with van der Waals surface area (Å²) in [4.78, 5) is 21.1. The van der Waals surface area contributed by atoms with Crippen molar-refractivity contribution < 1.29 is 4.42 Å². The minimum absolute atomic E-state index is 0.0980. The van der Waals surface area contributed by atoms with Crippen molar-refractivity contribution in [1.82, 2.24) is 9.97 Å². The van der Waals surface area contributed by atoms with Crippen molar-refractivity contribution in [2.24, 2.45) is 0 Å². The molecule has 1 N–H and O–H groups in total. The second-order valence-electron chi connectivity index (χ2n) is 6.14. The molecule has 1 aromatic carbocycles. The van der Waals surface area contributed by atoms with Crippen LogP contribution in [0.15, 0.2) is 57.3 Å². The third-order valence-electron chi connectivity index (χ3n) is 4.38. The van der Waals surface area contributed by atoms with Crippen LogP contribution in [0.3, 0.4) is 0 Å². The van der Waals surface area contributed by atoms with Gasteiger partial charge in [0.25, 0.3) is 5.56 Å². The fourth-order valence-corrected chi connectivity index (χ4v) is 4.80. The number of benzene rings is 1. The number of nitrogens with one attached hydrogen (secondary N) is 1. The Morgan fingerprint density at radius 3 is 2.88 bits per heavy atom. The Labute approximate surface area is 159 Å². The van der Waals surface area contributed by atoms with Crippen LogP contribution in [0, 0.1) is 6.92 Å². The SMILES string of the molecule is Cc1ccccc1CSC(C)c1nc2scc(-c3ccco3)c2c(=O)[nH]1. The second kappa shape index (κ2) is 7.13. The molecule has 6 heteroatoms. The van der Waals surface area contributed by atoms with Gasteiger partial charge in [-0.1, -0.05) is 24.3 Å². The van der Waals surface area contributed by atoms with E-state index in [0.29, 0.717) is 17.0 Å². The van der Waals surface area contributed by atoms with Crippen LogP contribution in [0.1, 0.15) is 29.1 Å². The highest BCUT2D eigenvalue weighted by Crippen LogP contribution is 2.34. The molecule has 26 heavy (non-hydrogen) atoms. The molecule has 4 rings (SSSR count). The van der Waals surface area contributed by atoms with Crippen LogP contribution in [0.5, 0.6) is 0 Å². The standard InChI is InChI=1S/C20H18N2O2S2/c1-12-6-3-4-7-14(12)10-25-13(2)18-21-19(23)17-15(11-26-20(17)22-18)16-8-5-9-24-16/h3-9,11,13H,10H2,1-2H3,(H,21,22,23). The molecule has 0 aliphatic carbocycles. The van der Waals surface area contributed by atoms with Gasteiger partial charge in [0.2, 0.25) is 0 Å². The summed E-state index contributed by atoms with van der Waals surface area (Å²) in [6, 6.07) is 12.0. The highest BCUT2D eigenvalue weighted by molar-refractivity contribution is 7.98. The largest absolute Gasteiger partial charge is 0.464 e. The van der Waals surface area contributed by atoms with Crippen LogP contribution in [0.2, 0.25) is 0 Å². The van der Waals surface area contributed by atoms with E-state index < -0.39 is 0 Å². The van der Waals surface area contributed by atoms with E-state index in [1.54, 1.807) is 18.0 Å². The molecule has 3 heterocycles. The minimum Gasteiger partial charge on any atom is -0.464 e. The lowest BCUT2D eigenvalue weighted by molar-refractivity contribution is 0.583. The molecule has 1 atom stereocenters. The number of fused-ring (bicyclic) bond motifs is 1. The van der Waals surface area contributed by atoms with Crippen molar-refractivity contribution in [3.63, 3.8) is 0 Å². The molecule has 0 amide bonds. The van der Waals surface area contributed by atoms with Crippen LogP contribution >= 0.6 is 23.1 Å². The van der Waals surface area contributed by atoms with Crippen molar-refractivity contribution in [2.75, 3.05) is 0 Å². The molecule has 0 saturated carbocycles. The highest BCUT2D eigenvalue weighted by atomic mass is 32.2. The second-order valence-corrected chi connectivity index (χ2v) is 8.32. The number of hydrogen-bond donors (Lipinski definition) is 1. The minimum atomic E-state index is -0.110. The predicted molar refractivity (Wildman–Crippen MR) is 109 cm³/mol. The summed E-state index contributed by atoms with van der Waals surface area (Å²) in [5, 5.41) is 2.63. The number of hydrogen-bond acceptors (Lipinski definition) is 5. The van der Waals surface area contributed by atoms with E-state index in [9.17, 15) is 4.79 Å². The van der Waals surface area contributed by atoms with E-state index in [1.165, 1.54) is 22.5 Å². The third kappa shape index (κ3) is 3.22. The van der Waals surface area contributed by atoms with Gasteiger partial charge < -0.3 is 9.40 Å².